The summed E-state index contributed by atoms with van der Waals surface area (Å²) in [7, 11) is 0. The smallest absolute Gasteiger partial charge is 0.330 e. The summed E-state index contributed by atoms with van der Waals surface area (Å²) in [5.74, 6) is -0.319. The summed E-state index contributed by atoms with van der Waals surface area (Å²) in [5.41, 5.74) is 0.979. The third-order valence-electron chi connectivity index (χ3n) is 2.58. The van der Waals surface area contributed by atoms with Crippen molar-refractivity contribution in [3.63, 3.8) is 0 Å². The number of benzene rings is 1. The number of hydrogen-bond donors (Lipinski definition) is 0. The number of ether oxygens (including phenoxy) is 1. The Labute approximate surface area is 111 Å². The zero-order chi connectivity index (χ0) is 13.0. The standard InChI is InChI=1S/C14H14ClNO2/c1-2-18-13(17)7-4-9-16-10-8-11-5-3-6-12(15)14(11)16/h3-8,10H,2,9H2,1H3/b7-4+. The van der Waals surface area contributed by atoms with Crippen LogP contribution in [0.25, 0.3) is 10.9 Å². The zero-order valence-electron chi connectivity index (χ0n) is 10.1. The van der Waals surface area contributed by atoms with Gasteiger partial charge in [0.2, 0.25) is 0 Å². The topological polar surface area (TPSA) is 31.2 Å². The predicted octanol–water partition coefficient (Wildman–Crippen LogP) is 3.41. The third kappa shape index (κ3) is 2.74. The highest BCUT2D eigenvalue weighted by atomic mass is 35.5. The highest BCUT2D eigenvalue weighted by Gasteiger charge is 2.03. The quantitative estimate of drug-likeness (QED) is 0.625. The molecule has 2 aromatic rings. The van der Waals surface area contributed by atoms with E-state index in [1.165, 1.54) is 6.08 Å². The van der Waals surface area contributed by atoms with Crippen LogP contribution in [-0.4, -0.2) is 17.1 Å². The van der Waals surface area contributed by atoms with Gasteiger partial charge in [0.25, 0.3) is 0 Å². The SMILES string of the molecule is CCOC(=O)/C=C/Cn1ccc2cccc(Cl)c21. The van der Waals surface area contributed by atoms with Gasteiger partial charge in [-0.25, -0.2) is 4.79 Å². The Bertz CT molecular complexity index is 586. The number of rotatable bonds is 4. The molecule has 0 unspecified atom stereocenters. The van der Waals surface area contributed by atoms with Crippen LogP contribution in [0.3, 0.4) is 0 Å². The molecule has 0 spiro atoms. The Morgan fingerprint density at radius 1 is 1.44 bits per heavy atom. The van der Waals surface area contributed by atoms with Crippen molar-refractivity contribution in [3.05, 3.63) is 47.6 Å². The van der Waals surface area contributed by atoms with E-state index in [0.29, 0.717) is 18.2 Å². The van der Waals surface area contributed by atoms with Gasteiger partial charge in [-0.3, -0.25) is 0 Å². The van der Waals surface area contributed by atoms with E-state index in [4.69, 9.17) is 16.3 Å². The molecule has 0 saturated carbocycles. The molecule has 0 aliphatic rings. The summed E-state index contributed by atoms with van der Waals surface area (Å²) in [6, 6.07) is 7.78. The van der Waals surface area contributed by atoms with Crippen LogP contribution < -0.4 is 0 Å². The fourth-order valence-corrected chi connectivity index (χ4v) is 2.11. The normalized spacial score (nSPS) is 11.2. The van der Waals surface area contributed by atoms with E-state index in [1.54, 1.807) is 13.0 Å². The third-order valence-corrected chi connectivity index (χ3v) is 2.89. The van der Waals surface area contributed by atoms with Gasteiger partial charge in [0.1, 0.15) is 0 Å². The van der Waals surface area contributed by atoms with Crippen LogP contribution in [0.1, 0.15) is 6.92 Å². The largest absolute Gasteiger partial charge is 0.463 e. The summed E-state index contributed by atoms with van der Waals surface area (Å²) in [6.07, 6.45) is 5.15. The molecule has 0 saturated heterocycles. The number of nitrogens with zero attached hydrogens (tertiary/aromatic N) is 1. The number of aromatic nitrogens is 1. The van der Waals surface area contributed by atoms with Crippen LogP contribution in [0.4, 0.5) is 0 Å². The molecule has 3 nitrogen and oxygen atoms in total. The molecule has 0 aliphatic heterocycles. The first-order chi connectivity index (χ1) is 8.72. The van der Waals surface area contributed by atoms with Gasteiger partial charge in [-0.15, -0.1) is 0 Å². The number of halogens is 1. The Morgan fingerprint density at radius 3 is 3.06 bits per heavy atom. The van der Waals surface area contributed by atoms with Crippen molar-refractivity contribution in [3.8, 4) is 0 Å². The molecule has 0 bridgehead atoms. The first-order valence-electron chi connectivity index (χ1n) is 5.79. The van der Waals surface area contributed by atoms with E-state index in [1.807, 2.05) is 35.0 Å². The molecule has 1 aromatic heterocycles. The summed E-state index contributed by atoms with van der Waals surface area (Å²) < 4.78 is 6.80. The second kappa shape index (κ2) is 5.74. The molecule has 0 radical (unpaired) electrons. The maximum atomic E-state index is 11.2. The lowest BCUT2D eigenvalue weighted by molar-refractivity contribution is -0.137. The molecular formula is C14H14ClNO2. The monoisotopic (exact) mass is 263 g/mol. The first-order valence-corrected chi connectivity index (χ1v) is 6.17. The van der Waals surface area contributed by atoms with Gasteiger partial charge < -0.3 is 9.30 Å². The lowest BCUT2D eigenvalue weighted by Gasteiger charge is -2.03. The van der Waals surface area contributed by atoms with E-state index in [0.717, 1.165) is 10.9 Å². The molecule has 0 N–H and O–H groups in total. The maximum absolute atomic E-state index is 11.2. The number of carbonyl (C=O) groups is 1. The number of fused-ring (bicyclic) bond motifs is 1. The predicted molar refractivity (Wildman–Crippen MR) is 72.7 cm³/mol. The second-order valence-corrected chi connectivity index (χ2v) is 4.21. The fraction of sp³-hybridized carbons (Fsp3) is 0.214. The van der Waals surface area contributed by atoms with E-state index in [-0.39, 0.29) is 5.97 Å². The fourth-order valence-electron chi connectivity index (χ4n) is 1.82. The first kappa shape index (κ1) is 12.7. The van der Waals surface area contributed by atoms with E-state index >= 15 is 0 Å². The van der Waals surface area contributed by atoms with Crippen LogP contribution in [-0.2, 0) is 16.1 Å². The molecule has 0 aliphatic carbocycles. The Balaban J connectivity index is 2.15. The summed E-state index contributed by atoms with van der Waals surface area (Å²) >= 11 is 6.16. The van der Waals surface area contributed by atoms with Gasteiger partial charge in [-0.1, -0.05) is 29.8 Å². The molecule has 1 aromatic carbocycles. The van der Waals surface area contributed by atoms with Crippen molar-refractivity contribution in [2.45, 2.75) is 13.5 Å². The molecular weight excluding hydrogens is 250 g/mol. The van der Waals surface area contributed by atoms with Gasteiger partial charge in [-0.2, -0.15) is 0 Å². The van der Waals surface area contributed by atoms with Crippen LogP contribution in [0.5, 0.6) is 0 Å². The minimum atomic E-state index is -0.319. The van der Waals surface area contributed by atoms with Crippen molar-refractivity contribution < 1.29 is 9.53 Å². The van der Waals surface area contributed by atoms with Crippen LogP contribution in [0.2, 0.25) is 5.02 Å². The van der Waals surface area contributed by atoms with E-state index < -0.39 is 0 Å². The number of esters is 1. The average molecular weight is 264 g/mol. The molecule has 94 valence electrons. The Kier molecular flexibility index (Phi) is 4.05. The van der Waals surface area contributed by atoms with Crippen molar-refractivity contribution in [2.75, 3.05) is 6.61 Å². The van der Waals surface area contributed by atoms with E-state index in [9.17, 15) is 4.79 Å². The Hall–Kier alpha value is -1.74. The van der Waals surface area contributed by atoms with Gasteiger partial charge in [-0.05, 0) is 19.1 Å². The minimum Gasteiger partial charge on any atom is -0.463 e. The lowest BCUT2D eigenvalue weighted by Crippen LogP contribution is -2.00. The summed E-state index contributed by atoms with van der Waals surface area (Å²) in [5, 5.41) is 1.80. The summed E-state index contributed by atoms with van der Waals surface area (Å²) in [4.78, 5) is 11.2. The molecule has 0 atom stereocenters. The van der Waals surface area contributed by atoms with Crippen LogP contribution in [0, 0.1) is 0 Å². The van der Waals surface area contributed by atoms with Crippen molar-refractivity contribution in [2.24, 2.45) is 0 Å². The molecule has 2 rings (SSSR count). The van der Waals surface area contributed by atoms with Crippen molar-refractivity contribution >= 4 is 28.5 Å². The molecule has 1 heterocycles. The molecule has 4 heteroatoms. The van der Waals surface area contributed by atoms with Gasteiger partial charge in [0, 0.05) is 24.2 Å². The maximum Gasteiger partial charge on any atom is 0.330 e. The number of carbonyl (C=O) groups excluding carboxylic acids is 1. The zero-order valence-corrected chi connectivity index (χ0v) is 10.9. The number of allylic oxidation sites excluding steroid dienone is 1. The molecule has 0 amide bonds. The highest BCUT2D eigenvalue weighted by molar-refractivity contribution is 6.35. The minimum absolute atomic E-state index is 0.319. The lowest BCUT2D eigenvalue weighted by atomic mass is 10.2. The van der Waals surface area contributed by atoms with Crippen molar-refractivity contribution in [1.82, 2.24) is 4.57 Å². The van der Waals surface area contributed by atoms with Crippen molar-refractivity contribution in [1.29, 1.82) is 0 Å². The van der Waals surface area contributed by atoms with Gasteiger partial charge in [0.15, 0.2) is 0 Å². The molecule has 18 heavy (non-hydrogen) atoms. The van der Waals surface area contributed by atoms with E-state index in [2.05, 4.69) is 0 Å². The second-order valence-electron chi connectivity index (χ2n) is 3.80. The summed E-state index contributed by atoms with van der Waals surface area (Å²) in [6.45, 7) is 2.76. The average Bonchev–Trinajstić information content (AvgIpc) is 2.74. The number of para-hydroxylation sites is 1. The van der Waals surface area contributed by atoms with Crippen LogP contribution >= 0.6 is 11.6 Å². The Morgan fingerprint density at radius 2 is 2.28 bits per heavy atom. The molecule has 0 fully saturated rings. The highest BCUT2D eigenvalue weighted by Crippen LogP contribution is 2.24. The van der Waals surface area contributed by atoms with Gasteiger partial charge >= 0.3 is 5.97 Å². The van der Waals surface area contributed by atoms with Crippen LogP contribution in [0.15, 0.2) is 42.6 Å². The number of hydrogen-bond acceptors (Lipinski definition) is 2. The van der Waals surface area contributed by atoms with Gasteiger partial charge in [0.05, 0.1) is 17.1 Å².